The van der Waals surface area contributed by atoms with Crippen LogP contribution in [0.1, 0.15) is 12.1 Å². The first kappa shape index (κ1) is 17.6. The van der Waals surface area contributed by atoms with Crippen molar-refractivity contribution < 1.29 is 22.6 Å². The molecule has 0 unspecified atom stereocenters. The molecule has 2 heterocycles. The van der Waals surface area contributed by atoms with Crippen LogP contribution in [0.15, 0.2) is 32.5 Å². The van der Waals surface area contributed by atoms with Crippen molar-refractivity contribution in [2.75, 3.05) is 22.1 Å². The fraction of sp³-hybridized carbons (Fsp3) is 0.308. The molecule has 1 aromatic carbocycles. The van der Waals surface area contributed by atoms with Crippen LogP contribution in [0.5, 0.6) is 0 Å². The molecule has 1 atom stereocenters. The molecule has 134 valence electrons. The van der Waals surface area contributed by atoms with Gasteiger partial charge in [-0.1, -0.05) is 5.16 Å². The number of hydrogen-bond donors (Lipinski definition) is 3. The van der Waals surface area contributed by atoms with Crippen molar-refractivity contribution >= 4 is 43.1 Å². The first-order valence-electron chi connectivity index (χ1n) is 7.12. The van der Waals surface area contributed by atoms with E-state index >= 15 is 0 Å². The first-order chi connectivity index (χ1) is 11.9. The van der Waals surface area contributed by atoms with Crippen LogP contribution in [-0.2, 0) is 9.84 Å². The van der Waals surface area contributed by atoms with Crippen LogP contribution >= 0.6 is 15.9 Å². The molecule has 9 nitrogen and oxygen atoms in total. The van der Waals surface area contributed by atoms with Crippen LogP contribution in [0.4, 0.5) is 15.9 Å². The van der Waals surface area contributed by atoms with Crippen LogP contribution in [0.25, 0.3) is 0 Å². The zero-order valence-electron chi connectivity index (χ0n) is 12.6. The van der Waals surface area contributed by atoms with Crippen molar-refractivity contribution in [3.8, 4) is 0 Å². The highest BCUT2D eigenvalue weighted by Gasteiger charge is 2.30. The maximum absolute atomic E-state index is 13.3. The molecule has 1 aromatic heterocycles. The Labute approximate surface area is 150 Å². The minimum Gasteiger partial charge on any atom is -0.409 e. The van der Waals surface area contributed by atoms with E-state index < -0.39 is 15.7 Å². The maximum atomic E-state index is 13.3. The quantitative estimate of drug-likeness (QED) is 0.288. The lowest BCUT2D eigenvalue weighted by atomic mass is 10.2. The molecule has 12 heteroatoms. The zero-order valence-corrected chi connectivity index (χ0v) is 15.0. The number of halogens is 2. The van der Waals surface area contributed by atoms with E-state index in [1.165, 1.54) is 18.2 Å². The summed E-state index contributed by atoms with van der Waals surface area (Å²) >= 11 is 3.06. The van der Waals surface area contributed by atoms with Gasteiger partial charge in [-0.25, -0.2) is 17.4 Å². The van der Waals surface area contributed by atoms with Gasteiger partial charge in [-0.2, -0.15) is 0 Å². The molecule has 25 heavy (non-hydrogen) atoms. The molecule has 3 rings (SSSR count). The molecule has 0 aliphatic carbocycles. The van der Waals surface area contributed by atoms with Gasteiger partial charge in [-0.05, 0) is 50.9 Å². The van der Waals surface area contributed by atoms with Gasteiger partial charge in [0, 0.05) is 11.7 Å². The summed E-state index contributed by atoms with van der Waals surface area (Å²) in [5.74, 6) is -0.329. The van der Waals surface area contributed by atoms with Gasteiger partial charge in [-0.3, -0.25) is 0 Å². The number of nitrogens with zero attached hydrogens (tertiary/aromatic N) is 3. The van der Waals surface area contributed by atoms with Gasteiger partial charge in [0.05, 0.1) is 16.0 Å². The summed E-state index contributed by atoms with van der Waals surface area (Å²) in [7, 11) is -3.07. The van der Waals surface area contributed by atoms with Crippen LogP contribution in [0, 0.1) is 5.82 Å². The number of sulfone groups is 1. The summed E-state index contributed by atoms with van der Waals surface area (Å²) in [4.78, 5) is 0. The van der Waals surface area contributed by atoms with Crippen molar-refractivity contribution in [2.45, 2.75) is 12.5 Å². The molecule has 2 aromatic rings. The molecular weight excluding hydrogens is 421 g/mol. The largest absolute Gasteiger partial charge is 0.409 e. The standard InChI is InChI=1S/C13H13BrFN5O4S/c14-9-5-7(1-2-10(9)15)16-12(18-21)11-13(20-24-19-11)17-8-3-4-25(22,23)6-8/h1-2,5,8,21H,3-4,6H2,(H,16,18)(H,17,20)/t8-/m1/s1. The summed E-state index contributed by atoms with van der Waals surface area (Å²) < 4.78 is 41.2. The van der Waals surface area contributed by atoms with Gasteiger partial charge in [-0.15, -0.1) is 0 Å². The second-order valence-electron chi connectivity index (χ2n) is 5.41. The molecule has 0 spiro atoms. The van der Waals surface area contributed by atoms with Crippen molar-refractivity contribution in [2.24, 2.45) is 5.16 Å². The van der Waals surface area contributed by atoms with Crippen LogP contribution in [0.3, 0.4) is 0 Å². The number of nitrogens with one attached hydrogen (secondary N) is 2. The Morgan fingerprint density at radius 1 is 1.44 bits per heavy atom. The predicted octanol–water partition coefficient (Wildman–Crippen LogP) is 1.82. The summed E-state index contributed by atoms with van der Waals surface area (Å²) in [5, 5.41) is 25.4. The van der Waals surface area contributed by atoms with Crippen LogP contribution in [-0.4, -0.2) is 47.3 Å². The van der Waals surface area contributed by atoms with Crippen molar-refractivity contribution in [1.82, 2.24) is 10.3 Å². The minimum absolute atomic E-state index is 0.0246. The Hall–Kier alpha value is -2.21. The molecule has 1 aliphatic heterocycles. The second-order valence-corrected chi connectivity index (χ2v) is 8.49. The van der Waals surface area contributed by atoms with Gasteiger partial charge < -0.3 is 15.8 Å². The topological polar surface area (TPSA) is 130 Å². The van der Waals surface area contributed by atoms with Crippen molar-refractivity contribution in [1.29, 1.82) is 0 Å². The smallest absolute Gasteiger partial charge is 0.203 e. The van der Waals surface area contributed by atoms with E-state index in [0.717, 1.165) is 0 Å². The Morgan fingerprint density at radius 3 is 2.88 bits per heavy atom. The summed E-state index contributed by atoms with van der Waals surface area (Å²) in [5.41, 5.74) is 0.491. The third kappa shape index (κ3) is 4.07. The molecule has 1 aliphatic rings. The van der Waals surface area contributed by atoms with Gasteiger partial charge >= 0.3 is 0 Å². The van der Waals surface area contributed by atoms with E-state index in [9.17, 15) is 18.0 Å². The summed E-state index contributed by atoms with van der Waals surface area (Å²) in [6.07, 6.45) is 0.429. The molecular formula is C13H13BrFN5O4S. The predicted molar refractivity (Wildman–Crippen MR) is 91.0 cm³/mol. The Kier molecular flexibility index (Phi) is 4.90. The van der Waals surface area contributed by atoms with Gasteiger partial charge in [0.15, 0.2) is 15.5 Å². The maximum Gasteiger partial charge on any atom is 0.203 e. The number of benzene rings is 1. The fourth-order valence-corrected chi connectivity index (χ4v) is 4.44. The second kappa shape index (κ2) is 6.96. The first-order valence-corrected chi connectivity index (χ1v) is 9.73. The number of oxime groups is 1. The highest BCUT2D eigenvalue weighted by atomic mass is 79.9. The Morgan fingerprint density at radius 2 is 2.24 bits per heavy atom. The van der Waals surface area contributed by atoms with Crippen LogP contribution in [0.2, 0.25) is 0 Å². The highest BCUT2D eigenvalue weighted by molar-refractivity contribution is 9.10. The fourth-order valence-electron chi connectivity index (χ4n) is 2.38. The average Bonchev–Trinajstić information content (AvgIpc) is 3.15. The number of aromatic nitrogens is 2. The normalized spacial score (nSPS) is 19.8. The number of amidine groups is 1. The van der Waals surface area contributed by atoms with E-state index in [0.29, 0.717) is 12.1 Å². The summed E-state index contributed by atoms with van der Waals surface area (Å²) in [6, 6.07) is 3.78. The van der Waals surface area contributed by atoms with Crippen molar-refractivity contribution in [3.05, 3.63) is 34.2 Å². The van der Waals surface area contributed by atoms with Gasteiger partial charge in [0.2, 0.25) is 11.7 Å². The lowest BCUT2D eigenvalue weighted by Gasteiger charge is -2.11. The Bertz CT molecular complexity index is 917. The van der Waals surface area contributed by atoms with Gasteiger partial charge in [0.1, 0.15) is 5.82 Å². The SMILES string of the molecule is O=S1(=O)CC[C@@H](Nc2nonc2/C(=N/O)Nc2ccc(F)c(Br)c2)C1. The molecule has 0 radical (unpaired) electrons. The molecule has 1 fully saturated rings. The molecule has 1 saturated heterocycles. The minimum atomic E-state index is -3.07. The highest BCUT2D eigenvalue weighted by Crippen LogP contribution is 2.22. The third-order valence-corrected chi connectivity index (χ3v) is 5.94. The van der Waals surface area contributed by atoms with E-state index in [-0.39, 0.29) is 39.4 Å². The molecule has 0 saturated carbocycles. The van der Waals surface area contributed by atoms with E-state index in [1.807, 2.05) is 0 Å². The summed E-state index contributed by atoms with van der Waals surface area (Å²) in [6.45, 7) is 0. The number of hydrogen-bond acceptors (Lipinski definition) is 8. The Balaban J connectivity index is 1.78. The zero-order chi connectivity index (χ0) is 18.0. The van der Waals surface area contributed by atoms with Gasteiger partial charge in [0.25, 0.3) is 0 Å². The average molecular weight is 434 g/mol. The molecule has 0 amide bonds. The lowest BCUT2D eigenvalue weighted by molar-refractivity contribution is 0.304. The lowest BCUT2D eigenvalue weighted by Crippen LogP contribution is -2.23. The molecule has 0 bridgehead atoms. The molecule has 3 N–H and O–H groups in total. The van der Waals surface area contributed by atoms with E-state index in [2.05, 4.69) is 46.7 Å². The number of rotatable bonds is 4. The monoisotopic (exact) mass is 433 g/mol. The van der Waals surface area contributed by atoms with E-state index in [4.69, 9.17) is 0 Å². The van der Waals surface area contributed by atoms with Crippen molar-refractivity contribution in [3.63, 3.8) is 0 Å². The number of anilines is 2. The van der Waals surface area contributed by atoms with Crippen LogP contribution < -0.4 is 10.6 Å². The third-order valence-electron chi connectivity index (χ3n) is 3.57. The van der Waals surface area contributed by atoms with E-state index in [1.54, 1.807) is 0 Å².